The van der Waals surface area contributed by atoms with E-state index in [1.807, 2.05) is 24.0 Å². The van der Waals surface area contributed by atoms with E-state index in [2.05, 4.69) is 0 Å². The largest absolute Gasteiger partial charge is 0.494 e. The van der Waals surface area contributed by atoms with Gasteiger partial charge in [0, 0.05) is 12.2 Å². The number of halogens is 2. The summed E-state index contributed by atoms with van der Waals surface area (Å²) in [5, 5.41) is 0. The second-order valence-corrected chi connectivity index (χ2v) is 7.82. The lowest BCUT2D eigenvalue weighted by molar-refractivity contribution is -0.131. The first kappa shape index (κ1) is 21.0. The average Bonchev–Trinajstić information content (AvgIpc) is 3.24. The molecule has 4 rings (SSSR count). The fraction of sp³-hybridized carbons (Fsp3) is 0.280. The molecule has 1 aliphatic rings. The molecule has 0 N–H and O–H groups in total. The zero-order chi connectivity index (χ0) is 22.0. The van der Waals surface area contributed by atoms with Gasteiger partial charge >= 0.3 is 0 Å². The van der Waals surface area contributed by atoms with Crippen LogP contribution in [0.25, 0.3) is 11.1 Å². The van der Waals surface area contributed by atoms with E-state index in [0.29, 0.717) is 12.1 Å². The summed E-state index contributed by atoms with van der Waals surface area (Å²) in [4.78, 5) is 19.6. The molecule has 1 aliphatic heterocycles. The summed E-state index contributed by atoms with van der Waals surface area (Å²) in [6.45, 7) is 2.56. The Hall–Kier alpha value is -3.28. The minimum atomic E-state index is -0.477. The highest BCUT2D eigenvalue weighted by Gasteiger charge is 2.31. The molecule has 0 radical (unpaired) electrons. The highest BCUT2D eigenvalue weighted by Crippen LogP contribution is 2.34. The number of carbonyl (C=O) groups is 1. The van der Waals surface area contributed by atoms with Gasteiger partial charge in [-0.3, -0.25) is 9.78 Å². The van der Waals surface area contributed by atoms with E-state index in [1.165, 1.54) is 31.4 Å². The highest BCUT2D eigenvalue weighted by molar-refractivity contribution is 5.79. The molecule has 0 aliphatic carbocycles. The van der Waals surface area contributed by atoms with Gasteiger partial charge in [-0.1, -0.05) is 18.2 Å². The van der Waals surface area contributed by atoms with Gasteiger partial charge in [0.05, 0.1) is 25.3 Å². The summed E-state index contributed by atoms with van der Waals surface area (Å²) in [5.74, 6) is -0.654. The third kappa shape index (κ3) is 4.58. The maximum atomic E-state index is 14.0. The number of pyridine rings is 1. The lowest BCUT2D eigenvalue weighted by Crippen LogP contribution is -2.32. The van der Waals surface area contributed by atoms with Crippen LogP contribution in [0.4, 0.5) is 8.78 Å². The van der Waals surface area contributed by atoms with Crippen molar-refractivity contribution in [1.82, 2.24) is 9.88 Å². The lowest BCUT2D eigenvalue weighted by Gasteiger charge is -2.25. The standard InChI is InChI=1S/C25H24F2N2O2/c1-16-12-19(18-6-8-20(26)9-7-18)15-22(28-16)23-4-3-11-29(23)25(30)14-17-5-10-24(31-2)21(27)13-17/h5-10,12-13,15,23H,3-4,11,14H2,1-2H3/t23-/m0/s1. The molecule has 0 unspecified atom stereocenters. The smallest absolute Gasteiger partial charge is 0.227 e. The van der Waals surface area contributed by atoms with Crippen molar-refractivity contribution in [2.75, 3.05) is 13.7 Å². The molecule has 1 aromatic heterocycles. The Morgan fingerprint density at radius 1 is 1.10 bits per heavy atom. The van der Waals surface area contributed by atoms with Crippen LogP contribution in [0.5, 0.6) is 5.75 Å². The molecule has 1 fully saturated rings. The predicted molar refractivity (Wildman–Crippen MR) is 115 cm³/mol. The topological polar surface area (TPSA) is 42.4 Å². The SMILES string of the molecule is COc1ccc(CC(=O)N2CCC[C@H]2c2cc(-c3ccc(F)cc3)cc(C)n2)cc1F. The van der Waals surface area contributed by atoms with E-state index in [9.17, 15) is 13.6 Å². The maximum absolute atomic E-state index is 14.0. The molecule has 0 bridgehead atoms. The molecule has 0 spiro atoms. The molecule has 1 amide bonds. The fourth-order valence-corrected chi connectivity index (χ4v) is 4.14. The molecule has 31 heavy (non-hydrogen) atoms. The number of hydrogen-bond donors (Lipinski definition) is 0. The van der Waals surface area contributed by atoms with Crippen molar-refractivity contribution in [2.24, 2.45) is 0 Å². The summed E-state index contributed by atoms with van der Waals surface area (Å²) >= 11 is 0. The van der Waals surface area contributed by atoms with Crippen molar-refractivity contribution in [3.8, 4) is 16.9 Å². The van der Waals surface area contributed by atoms with Gasteiger partial charge in [-0.25, -0.2) is 8.78 Å². The maximum Gasteiger partial charge on any atom is 0.227 e. The van der Waals surface area contributed by atoms with Gasteiger partial charge in [-0.2, -0.15) is 0 Å². The number of hydrogen-bond acceptors (Lipinski definition) is 3. The van der Waals surface area contributed by atoms with Crippen LogP contribution in [0.2, 0.25) is 0 Å². The molecular formula is C25H24F2N2O2. The molecular weight excluding hydrogens is 398 g/mol. The average molecular weight is 422 g/mol. The van der Waals surface area contributed by atoms with Crippen molar-refractivity contribution in [3.63, 3.8) is 0 Å². The van der Waals surface area contributed by atoms with Gasteiger partial charge in [0.2, 0.25) is 5.91 Å². The number of carbonyl (C=O) groups excluding carboxylic acids is 1. The van der Waals surface area contributed by atoms with E-state index < -0.39 is 5.82 Å². The van der Waals surface area contributed by atoms with Gasteiger partial charge in [0.25, 0.3) is 0 Å². The van der Waals surface area contributed by atoms with E-state index in [-0.39, 0.29) is 29.9 Å². The van der Waals surface area contributed by atoms with Crippen molar-refractivity contribution >= 4 is 5.91 Å². The summed E-state index contributed by atoms with van der Waals surface area (Å²) in [5.41, 5.74) is 4.12. The Morgan fingerprint density at radius 3 is 2.58 bits per heavy atom. The summed E-state index contributed by atoms with van der Waals surface area (Å²) in [6, 6.07) is 14.7. The Bertz CT molecular complexity index is 1100. The normalized spacial score (nSPS) is 15.9. The monoisotopic (exact) mass is 422 g/mol. The van der Waals surface area contributed by atoms with E-state index in [4.69, 9.17) is 9.72 Å². The number of ether oxygens (including phenoxy) is 1. The molecule has 2 heterocycles. The first-order valence-electron chi connectivity index (χ1n) is 10.3. The highest BCUT2D eigenvalue weighted by atomic mass is 19.1. The van der Waals surface area contributed by atoms with Crippen LogP contribution in [0.1, 0.15) is 35.8 Å². The van der Waals surface area contributed by atoms with Crippen LogP contribution in [0.3, 0.4) is 0 Å². The van der Waals surface area contributed by atoms with Crippen LogP contribution in [0.15, 0.2) is 54.6 Å². The third-order valence-electron chi connectivity index (χ3n) is 5.64. The predicted octanol–water partition coefficient (Wildman–Crippen LogP) is 5.25. The molecule has 1 atom stereocenters. The van der Waals surface area contributed by atoms with Crippen LogP contribution in [-0.4, -0.2) is 29.4 Å². The quantitative estimate of drug-likeness (QED) is 0.564. The number of nitrogens with zero attached hydrogens (tertiary/aromatic N) is 2. The van der Waals surface area contributed by atoms with Gasteiger partial charge < -0.3 is 9.64 Å². The minimum Gasteiger partial charge on any atom is -0.494 e. The van der Waals surface area contributed by atoms with Crippen LogP contribution >= 0.6 is 0 Å². The zero-order valence-electron chi connectivity index (χ0n) is 17.6. The van der Waals surface area contributed by atoms with E-state index in [0.717, 1.165) is 35.4 Å². The molecule has 3 aromatic rings. The molecule has 160 valence electrons. The van der Waals surface area contributed by atoms with E-state index >= 15 is 0 Å². The van der Waals surface area contributed by atoms with Crippen molar-refractivity contribution < 1.29 is 18.3 Å². The number of aryl methyl sites for hydroxylation is 1. The third-order valence-corrected chi connectivity index (χ3v) is 5.64. The molecule has 2 aromatic carbocycles. The van der Waals surface area contributed by atoms with Crippen molar-refractivity contribution in [1.29, 1.82) is 0 Å². The zero-order valence-corrected chi connectivity index (χ0v) is 17.6. The first-order chi connectivity index (χ1) is 14.9. The number of amides is 1. The second-order valence-electron chi connectivity index (χ2n) is 7.82. The Kier molecular flexibility index (Phi) is 5.98. The number of aromatic nitrogens is 1. The van der Waals surface area contributed by atoms with Crippen LogP contribution in [-0.2, 0) is 11.2 Å². The van der Waals surface area contributed by atoms with Gasteiger partial charge in [-0.05, 0) is 72.9 Å². The summed E-state index contributed by atoms with van der Waals surface area (Å²) in [6.07, 6.45) is 1.82. The van der Waals surface area contributed by atoms with Crippen LogP contribution in [0, 0.1) is 18.6 Å². The van der Waals surface area contributed by atoms with Crippen molar-refractivity contribution in [3.05, 3.63) is 83.2 Å². The number of methoxy groups -OCH3 is 1. The minimum absolute atomic E-state index is 0.0568. The van der Waals surface area contributed by atoms with Crippen molar-refractivity contribution in [2.45, 2.75) is 32.2 Å². The molecule has 1 saturated heterocycles. The van der Waals surface area contributed by atoms with Crippen LogP contribution < -0.4 is 4.74 Å². The number of rotatable bonds is 5. The summed E-state index contributed by atoms with van der Waals surface area (Å²) in [7, 11) is 1.41. The molecule has 0 saturated carbocycles. The fourth-order valence-electron chi connectivity index (χ4n) is 4.14. The molecule has 6 heteroatoms. The first-order valence-corrected chi connectivity index (χ1v) is 10.3. The second kappa shape index (κ2) is 8.84. The van der Waals surface area contributed by atoms with Gasteiger partial charge in [0.1, 0.15) is 5.82 Å². The Balaban J connectivity index is 1.57. The Morgan fingerprint density at radius 2 is 1.87 bits per heavy atom. The summed E-state index contributed by atoms with van der Waals surface area (Å²) < 4.78 is 32.3. The van der Waals surface area contributed by atoms with Gasteiger partial charge in [-0.15, -0.1) is 0 Å². The number of likely N-dealkylation sites (tertiary alicyclic amines) is 1. The van der Waals surface area contributed by atoms with E-state index in [1.54, 1.807) is 18.2 Å². The number of benzene rings is 2. The lowest BCUT2D eigenvalue weighted by atomic mass is 10.0. The Labute approximate surface area is 180 Å². The van der Waals surface area contributed by atoms with Gasteiger partial charge in [0.15, 0.2) is 11.6 Å². The molecule has 4 nitrogen and oxygen atoms in total.